The average Bonchev–Trinajstić information content (AvgIpc) is 3.31. The second-order valence-electron chi connectivity index (χ2n) is 7.64. The Morgan fingerprint density at radius 2 is 2.14 bits per heavy atom. The molecule has 5 rings (SSSR count). The molecule has 4 heterocycles. The van der Waals surface area contributed by atoms with Gasteiger partial charge < -0.3 is 4.74 Å². The summed E-state index contributed by atoms with van der Waals surface area (Å²) in [5, 5.41) is 8.84. The number of allylic oxidation sites excluding steroid dienone is 1. The maximum atomic E-state index is 5.87. The number of nitrogens with one attached hydrogen (secondary N) is 1. The van der Waals surface area contributed by atoms with Crippen LogP contribution in [-0.4, -0.2) is 38.6 Å². The van der Waals surface area contributed by atoms with Gasteiger partial charge in [0.25, 0.3) is 0 Å². The Kier molecular flexibility index (Phi) is 4.20. The summed E-state index contributed by atoms with van der Waals surface area (Å²) in [7, 11) is 0. The number of aromatic amines is 1. The number of H-pyrrole nitrogens is 1. The molecular weight excluding hydrogens is 350 g/mol. The van der Waals surface area contributed by atoms with Gasteiger partial charge in [0.1, 0.15) is 11.9 Å². The largest absolute Gasteiger partial charge is 0.491 e. The summed E-state index contributed by atoms with van der Waals surface area (Å²) in [6, 6.07) is 10.2. The molecule has 2 aliphatic rings. The van der Waals surface area contributed by atoms with E-state index >= 15 is 0 Å². The van der Waals surface area contributed by atoms with E-state index in [2.05, 4.69) is 38.3 Å². The van der Waals surface area contributed by atoms with Crippen molar-refractivity contribution in [3.05, 3.63) is 59.6 Å². The first-order valence-electron chi connectivity index (χ1n) is 9.71. The Bertz CT molecular complexity index is 1060. The zero-order valence-corrected chi connectivity index (χ0v) is 16.1. The van der Waals surface area contributed by atoms with E-state index < -0.39 is 0 Å². The Hall–Kier alpha value is -2.99. The van der Waals surface area contributed by atoms with Gasteiger partial charge in [-0.1, -0.05) is 6.07 Å². The summed E-state index contributed by atoms with van der Waals surface area (Å²) in [5.74, 6) is 0.868. The minimum atomic E-state index is 0.107. The number of hydrogen-bond acceptors (Lipinski definition) is 5. The number of pyridine rings is 1. The third-order valence-electron chi connectivity index (χ3n) is 5.28. The number of dihydropyridines is 1. The molecule has 2 aliphatic heterocycles. The third kappa shape index (κ3) is 3.10. The molecule has 0 amide bonds. The van der Waals surface area contributed by atoms with Gasteiger partial charge in [0.15, 0.2) is 0 Å². The zero-order valence-electron chi connectivity index (χ0n) is 16.1. The van der Waals surface area contributed by atoms with Gasteiger partial charge in [-0.15, -0.1) is 0 Å². The molecule has 1 aromatic carbocycles. The van der Waals surface area contributed by atoms with Gasteiger partial charge in [0.2, 0.25) is 0 Å². The van der Waals surface area contributed by atoms with Crippen LogP contribution >= 0.6 is 0 Å². The summed E-state index contributed by atoms with van der Waals surface area (Å²) in [5.41, 5.74) is 5.65. The fourth-order valence-corrected chi connectivity index (χ4v) is 3.97. The average molecular weight is 373 g/mol. The molecule has 0 fully saturated rings. The van der Waals surface area contributed by atoms with Gasteiger partial charge in [-0.3, -0.25) is 20.0 Å². The lowest BCUT2D eigenvalue weighted by Gasteiger charge is -2.26. The minimum absolute atomic E-state index is 0.107. The van der Waals surface area contributed by atoms with E-state index in [9.17, 15) is 0 Å². The number of aliphatic imine (C=N–C) groups is 1. The van der Waals surface area contributed by atoms with Crippen molar-refractivity contribution in [1.82, 2.24) is 20.1 Å². The molecule has 142 valence electrons. The van der Waals surface area contributed by atoms with Crippen LogP contribution in [0.4, 0.5) is 0 Å². The van der Waals surface area contributed by atoms with Gasteiger partial charge in [-0.25, -0.2) is 0 Å². The Balaban J connectivity index is 1.40. The maximum Gasteiger partial charge on any atom is 0.120 e. The molecule has 0 saturated heterocycles. The molecule has 1 N–H and O–H groups in total. The summed E-state index contributed by atoms with van der Waals surface area (Å²) in [4.78, 5) is 11.6. The zero-order chi connectivity index (χ0) is 19.1. The van der Waals surface area contributed by atoms with Crippen LogP contribution in [0.25, 0.3) is 16.5 Å². The van der Waals surface area contributed by atoms with Gasteiger partial charge in [0.05, 0.1) is 23.0 Å². The molecule has 28 heavy (non-hydrogen) atoms. The van der Waals surface area contributed by atoms with E-state index in [0.717, 1.165) is 47.6 Å². The van der Waals surface area contributed by atoms with Gasteiger partial charge in [-0.2, -0.15) is 5.10 Å². The standard InChI is InChI=1S/C22H23N5O/c1-14(2)28-17-5-6-19-18(11-17)22(26-25-19)15-7-9-24-21(10-15)27-12-16-4-3-8-23-20(16)13-27/h3-9,11,14,21H,10,12-13H2,1-2H3,(H,25,26). The van der Waals surface area contributed by atoms with Crippen molar-refractivity contribution in [1.29, 1.82) is 0 Å². The molecule has 0 saturated carbocycles. The molecule has 6 nitrogen and oxygen atoms in total. The van der Waals surface area contributed by atoms with Crippen LogP contribution in [0, 0.1) is 0 Å². The van der Waals surface area contributed by atoms with Crippen molar-refractivity contribution in [2.75, 3.05) is 0 Å². The van der Waals surface area contributed by atoms with Crippen molar-refractivity contribution in [2.24, 2.45) is 4.99 Å². The van der Waals surface area contributed by atoms with Crippen molar-refractivity contribution in [3.8, 4) is 5.75 Å². The summed E-state index contributed by atoms with van der Waals surface area (Å²) in [6.45, 7) is 5.81. The molecule has 0 aliphatic carbocycles. The van der Waals surface area contributed by atoms with Crippen LogP contribution in [0.15, 0.2) is 47.6 Å². The SMILES string of the molecule is CC(C)Oc1ccc2[nH]nc(C3=CC=NC(N4Cc5cccnc5C4)C3)c2c1. The Labute approximate surface area is 164 Å². The van der Waals surface area contributed by atoms with E-state index in [1.165, 1.54) is 11.1 Å². The molecule has 1 atom stereocenters. The quantitative estimate of drug-likeness (QED) is 0.752. The van der Waals surface area contributed by atoms with E-state index in [1.807, 2.05) is 44.5 Å². The van der Waals surface area contributed by atoms with Gasteiger partial charge >= 0.3 is 0 Å². The Morgan fingerprint density at radius 1 is 1.21 bits per heavy atom. The molecule has 0 radical (unpaired) electrons. The number of nitrogens with zero attached hydrogens (tertiary/aromatic N) is 4. The van der Waals surface area contributed by atoms with Gasteiger partial charge in [-0.05, 0) is 55.3 Å². The van der Waals surface area contributed by atoms with Crippen molar-refractivity contribution >= 4 is 22.7 Å². The fourth-order valence-electron chi connectivity index (χ4n) is 3.97. The normalized spacial score (nSPS) is 19.2. The third-order valence-corrected chi connectivity index (χ3v) is 5.28. The smallest absolute Gasteiger partial charge is 0.120 e. The highest BCUT2D eigenvalue weighted by Crippen LogP contribution is 2.33. The molecule has 2 aromatic heterocycles. The highest BCUT2D eigenvalue weighted by Gasteiger charge is 2.28. The minimum Gasteiger partial charge on any atom is -0.491 e. The van der Waals surface area contributed by atoms with Crippen LogP contribution in [0.5, 0.6) is 5.75 Å². The van der Waals surface area contributed by atoms with Crippen molar-refractivity contribution < 1.29 is 4.74 Å². The number of rotatable bonds is 4. The van der Waals surface area contributed by atoms with Gasteiger partial charge in [0, 0.05) is 37.3 Å². The van der Waals surface area contributed by atoms with E-state index in [1.54, 1.807) is 0 Å². The number of aromatic nitrogens is 3. The van der Waals surface area contributed by atoms with Crippen LogP contribution < -0.4 is 4.74 Å². The molecule has 1 unspecified atom stereocenters. The highest BCUT2D eigenvalue weighted by atomic mass is 16.5. The van der Waals surface area contributed by atoms with Crippen LogP contribution in [0.3, 0.4) is 0 Å². The van der Waals surface area contributed by atoms with Crippen LogP contribution in [-0.2, 0) is 13.1 Å². The second kappa shape index (κ2) is 6.87. The second-order valence-corrected chi connectivity index (χ2v) is 7.64. The molecular formula is C22H23N5O. The van der Waals surface area contributed by atoms with E-state index in [4.69, 9.17) is 9.73 Å². The highest BCUT2D eigenvalue weighted by molar-refractivity contribution is 5.96. The molecule has 0 bridgehead atoms. The number of fused-ring (bicyclic) bond motifs is 2. The lowest BCUT2D eigenvalue weighted by molar-refractivity contribution is 0.206. The lowest BCUT2D eigenvalue weighted by atomic mass is 10.0. The number of ether oxygens (including phenoxy) is 1. The lowest BCUT2D eigenvalue weighted by Crippen LogP contribution is -2.30. The fraction of sp³-hybridized carbons (Fsp3) is 0.318. The first-order chi connectivity index (χ1) is 13.7. The van der Waals surface area contributed by atoms with Crippen molar-refractivity contribution in [3.63, 3.8) is 0 Å². The summed E-state index contributed by atoms with van der Waals surface area (Å²) in [6.07, 6.45) is 6.93. The first kappa shape index (κ1) is 17.1. The topological polar surface area (TPSA) is 66.4 Å². The number of benzene rings is 1. The van der Waals surface area contributed by atoms with E-state index in [0.29, 0.717) is 0 Å². The predicted molar refractivity (Wildman–Crippen MR) is 110 cm³/mol. The molecule has 0 spiro atoms. The Morgan fingerprint density at radius 3 is 3.00 bits per heavy atom. The van der Waals surface area contributed by atoms with Crippen LogP contribution in [0.1, 0.15) is 37.2 Å². The molecule has 6 heteroatoms. The maximum absolute atomic E-state index is 5.87. The van der Waals surface area contributed by atoms with E-state index in [-0.39, 0.29) is 12.3 Å². The summed E-state index contributed by atoms with van der Waals surface area (Å²) < 4.78 is 5.87. The summed E-state index contributed by atoms with van der Waals surface area (Å²) >= 11 is 0. The van der Waals surface area contributed by atoms with Crippen LogP contribution in [0.2, 0.25) is 0 Å². The first-order valence-corrected chi connectivity index (χ1v) is 9.71. The number of hydrogen-bond donors (Lipinski definition) is 1. The predicted octanol–water partition coefficient (Wildman–Crippen LogP) is 3.94. The van der Waals surface area contributed by atoms with Crippen molar-refractivity contribution in [2.45, 2.75) is 45.6 Å². The monoisotopic (exact) mass is 373 g/mol. The molecule has 3 aromatic rings.